The van der Waals surface area contributed by atoms with Gasteiger partial charge in [-0.15, -0.1) is 0 Å². The van der Waals surface area contributed by atoms with Crippen molar-refractivity contribution in [3.8, 4) is 0 Å². The fourth-order valence-corrected chi connectivity index (χ4v) is 13.2. The van der Waals surface area contributed by atoms with Gasteiger partial charge in [0.25, 0.3) is 0 Å². The summed E-state index contributed by atoms with van der Waals surface area (Å²) in [6.45, 7) is 3.85. The molecule has 2 unspecified atom stereocenters. The van der Waals surface area contributed by atoms with Crippen LogP contribution in [0.4, 0.5) is 0 Å². The molecule has 2 atom stereocenters. The Morgan fingerprint density at radius 1 is 0.302 bits per heavy atom. The third kappa shape index (κ3) is 72.1. The second kappa shape index (κ2) is 73.1. The van der Waals surface area contributed by atoms with Gasteiger partial charge in [-0.1, -0.05) is 418 Å². The third-order valence-electron chi connectivity index (χ3n) is 18.2. The van der Waals surface area contributed by atoms with E-state index >= 15 is 0 Å². The van der Waals surface area contributed by atoms with E-state index in [4.69, 9.17) is 24.3 Å². The number of unbranched alkanes of at least 4 members (excludes halogenated alkanes) is 63. The molecule has 0 heterocycles. The summed E-state index contributed by atoms with van der Waals surface area (Å²) in [5.74, 6) is -0.795. The molecule has 0 aliphatic heterocycles. The monoisotopic (exact) mass is 1240 g/mol. The molecule has 0 bridgehead atoms. The van der Waals surface area contributed by atoms with Crippen LogP contribution in [0.2, 0.25) is 0 Å². The molecule has 0 aromatic rings. The van der Waals surface area contributed by atoms with Crippen molar-refractivity contribution >= 4 is 19.8 Å². The number of esters is 2. The maximum absolute atomic E-state index is 12.8. The zero-order chi connectivity index (χ0) is 62.3. The van der Waals surface area contributed by atoms with Crippen LogP contribution in [0.25, 0.3) is 0 Å². The molecule has 0 fully saturated rings. The molecular formula is C76H152NO8P. The van der Waals surface area contributed by atoms with Gasteiger partial charge in [0.15, 0.2) is 6.10 Å². The van der Waals surface area contributed by atoms with Gasteiger partial charge in [0, 0.05) is 19.4 Å². The number of phosphoric acid groups is 1. The fourth-order valence-electron chi connectivity index (χ4n) is 12.5. The number of hydrogen-bond donors (Lipinski definition) is 2. The molecule has 0 aromatic heterocycles. The van der Waals surface area contributed by atoms with E-state index in [1.54, 1.807) is 0 Å². The Bertz CT molecular complexity index is 1370. The predicted octanol–water partition coefficient (Wildman–Crippen LogP) is 25.7. The minimum Gasteiger partial charge on any atom is -0.462 e. The van der Waals surface area contributed by atoms with Crippen LogP contribution in [0.5, 0.6) is 0 Å². The summed E-state index contributed by atoms with van der Waals surface area (Å²) in [6, 6.07) is 0. The largest absolute Gasteiger partial charge is 0.472 e. The van der Waals surface area contributed by atoms with Gasteiger partial charge in [0.05, 0.1) is 13.2 Å². The van der Waals surface area contributed by atoms with Gasteiger partial charge in [-0.25, -0.2) is 4.57 Å². The SMILES string of the molecule is CCCCCCCCCCCCCCCCCCCCCCCCCCCCCCCCCCCCCCCCCCC(=O)OC(COC(=O)CCCCCCCCCCCCCCCCCCCCCCCCCCC)COP(=O)(O)OCCN. The van der Waals surface area contributed by atoms with Crippen molar-refractivity contribution in [2.45, 2.75) is 450 Å². The van der Waals surface area contributed by atoms with E-state index in [1.807, 2.05) is 0 Å². The molecule has 0 amide bonds. The first-order valence-corrected chi connectivity index (χ1v) is 40.5. The van der Waals surface area contributed by atoms with Gasteiger partial charge in [0.2, 0.25) is 0 Å². The maximum Gasteiger partial charge on any atom is 0.472 e. The van der Waals surface area contributed by atoms with Crippen molar-refractivity contribution in [2.75, 3.05) is 26.4 Å². The molecule has 0 aliphatic carbocycles. The van der Waals surface area contributed by atoms with Crippen molar-refractivity contribution in [1.29, 1.82) is 0 Å². The van der Waals surface area contributed by atoms with Crippen LogP contribution in [-0.2, 0) is 32.7 Å². The summed E-state index contributed by atoms with van der Waals surface area (Å²) in [6.07, 6.45) is 88.2. The van der Waals surface area contributed by atoms with Gasteiger partial charge in [0.1, 0.15) is 6.61 Å². The van der Waals surface area contributed by atoms with Crippen LogP contribution in [-0.4, -0.2) is 49.3 Å². The van der Waals surface area contributed by atoms with Gasteiger partial charge in [-0.05, 0) is 12.8 Å². The van der Waals surface area contributed by atoms with E-state index in [9.17, 15) is 19.0 Å². The molecular weight excluding hydrogens is 1090 g/mol. The summed E-state index contributed by atoms with van der Waals surface area (Å²) in [7, 11) is -4.39. The Morgan fingerprint density at radius 3 is 0.709 bits per heavy atom. The van der Waals surface area contributed by atoms with Gasteiger partial charge in [-0.3, -0.25) is 18.6 Å². The van der Waals surface area contributed by atoms with E-state index in [1.165, 1.54) is 379 Å². The van der Waals surface area contributed by atoms with Crippen LogP contribution in [0, 0.1) is 0 Å². The first-order valence-electron chi connectivity index (χ1n) is 39.0. The van der Waals surface area contributed by atoms with Crippen molar-refractivity contribution in [1.82, 2.24) is 0 Å². The van der Waals surface area contributed by atoms with Crippen LogP contribution in [0.1, 0.15) is 444 Å². The lowest BCUT2D eigenvalue weighted by molar-refractivity contribution is -0.161. The lowest BCUT2D eigenvalue weighted by atomic mass is 10.0. The van der Waals surface area contributed by atoms with Crippen molar-refractivity contribution in [3.63, 3.8) is 0 Å². The highest BCUT2D eigenvalue weighted by atomic mass is 31.2. The zero-order valence-corrected chi connectivity index (χ0v) is 59.0. The second-order valence-electron chi connectivity index (χ2n) is 27.0. The van der Waals surface area contributed by atoms with Gasteiger partial charge >= 0.3 is 19.8 Å². The molecule has 10 heteroatoms. The van der Waals surface area contributed by atoms with Crippen LogP contribution < -0.4 is 5.73 Å². The summed E-state index contributed by atoms with van der Waals surface area (Å²) < 4.78 is 33.2. The van der Waals surface area contributed by atoms with E-state index in [2.05, 4.69) is 13.8 Å². The Labute approximate surface area is 537 Å². The molecule has 0 rings (SSSR count). The van der Waals surface area contributed by atoms with Crippen molar-refractivity contribution in [3.05, 3.63) is 0 Å². The highest BCUT2D eigenvalue weighted by Gasteiger charge is 2.26. The Hall–Kier alpha value is -0.990. The number of hydrogen-bond acceptors (Lipinski definition) is 8. The van der Waals surface area contributed by atoms with Crippen molar-refractivity contribution < 1.29 is 37.6 Å². The lowest BCUT2D eigenvalue weighted by Crippen LogP contribution is -2.29. The minimum absolute atomic E-state index is 0.0589. The van der Waals surface area contributed by atoms with E-state index in [0.29, 0.717) is 12.8 Å². The standard InChI is InChI=1S/C76H152NO8P/c1-3-5-7-9-11-13-15-17-19-21-23-25-27-29-30-31-32-33-34-35-36-37-38-39-40-41-42-43-45-47-49-51-53-55-57-59-61-63-65-67-69-76(79)85-74(73-84-86(80,81)83-71-70-77)72-82-75(78)68-66-64-62-60-58-56-54-52-50-48-46-44-28-26-24-22-20-18-16-14-12-10-8-6-4-2/h74H,3-73,77H2,1-2H3,(H,80,81). The number of rotatable bonds is 76. The molecule has 514 valence electrons. The Morgan fingerprint density at radius 2 is 0.500 bits per heavy atom. The Balaban J connectivity index is 3.71. The van der Waals surface area contributed by atoms with E-state index < -0.39 is 26.5 Å². The molecule has 9 nitrogen and oxygen atoms in total. The maximum atomic E-state index is 12.8. The van der Waals surface area contributed by atoms with Crippen LogP contribution in [0.15, 0.2) is 0 Å². The highest BCUT2D eigenvalue weighted by Crippen LogP contribution is 2.43. The predicted molar refractivity (Wildman–Crippen MR) is 372 cm³/mol. The highest BCUT2D eigenvalue weighted by molar-refractivity contribution is 7.47. The molecule has 0 aliphatic rings. The lowest BCUT2D eigenvalue weighted by Gasteiger charge is -2.19. The molecule has 0 saturated heterocycles. The Kier molecular flexibility index (Phi) is 72.2. The molecule has 86 heavy (non-hydrogen) atoms. The molecule has 0 spiro atoms. The average molecular weight is 1240 g/mol. The minimum atomic E-state index is -4.39. The fraction of sp³-hybridized carbons (Fsp3) is 0.974. The van der Waals surface area contributed by atoms with Crippen LogP contribution >= 0.6 is 7.82 Å². The molecule has 0 saturated carbocycles. The number of ether oxygens (including phenoxy) is 2. The smallest absolute Gasteiger partial charge is 0.462 e. The van der Waals surface area contributed by atoms with Crippen LogP contribution in [0.3, 0.4) is 0 Å². The third-order valence-corrected chi connectivity index (χ3v) is 19.2. The number of phosphoric ester groups is 1. The number of carbonyl (C=O) groups excluding carboxylic acids is 2. The van der Waals surface area contributed by atoms with E-state index in [-0.39, 0.29) is 32.1 Å². The quantitative estimate of drug-likeness (QED) is 0.0347. The first-order chi connectivity index (χ1) is 42.3. The van der Waals surface area contributed by atoms with Crippen molar-refractivity contribution in [2.24, 2.45) is 5.73 Å². The average Bonchev–Trinajstić information content (AvgIpc) is 3.54. The molecule has 3 N–H and O–H groups in total. The van der Waals surface area contributed by atoms with Gasteiger partial charge in [-0.2, -0.15) is 0 Å². The summed E-state index contributed by atoms with van der Waals surface area (Å²) in [5, 5.41) is 0. The topological polar surface area (TPSA) is 134 Å². The summed E-state index contributed by atoms with van der Waals surface area (Å²) >= 11 is 0. The van der Waals surface area contributed by atoms with E-state index in [0.717, 1.165) is 32.1 Å². The van der Waals surface area contributed by atoms with Gasteiger partial charge < -0.3 is 20.1 Å². The number of carbonyl (C=O) groups is 2. The summed E-state index contributed by atoms with van der Waals surface area (Å²) in [5.41, 5.74) is 5.41. The number of nitrogens with two attached hydrogens (primary N) is 1. The second-order valence-corrected chi connectivity index (χ2v) is 28.4. The molecule has 0 radical (unpaired) electrons. The normalized spacial score (nSPS) is 12.7. The summed E-state index contributed by atoms with van der Waals surface area (Å²) in [4.78, 5) is 35.4. The zero-order valence-electron chi connectivity index (χ0n) is 58.1. The first kappa shape index (κ1) is 85.0. The molecule has 0 aromatic carbocycles.